The standard InChI is InChI=1S/C10H10N2O3S/c13-9-2-8(16)5-12(9)7-1-6(10(14)15)3-11-4-7/h1,3-4,8,16H,2,5H2,(H,14,15). The predicted molar refractivity (Wildman–Crippen MR) is 60.9 cm³/mol. The van der Waals surface area contributed by atoms with Crippen molar-refractivity contribution in [3.63, 3.8) is 0 Å². The number of carboxylic acid groups (broad SMARTS) is 1. The monoisotopic (exact) mass is 238 g/mol. The van der Waals surface area contributed by atoms with Gasteiger partial charge >= 0.3 is 5.97 Å². The van der Waals surface area contributed by atoms with E-state index < -0.39 is 5.97 Å². The maximum absolute atomic E-state index is 11.6. The summed E-state index contributed by atoms with van der Waals surface area (Å²) in [7, 11) is 0. The topological polar surface area (TPSA) is 70.5 Å². The van der Waals surface area contributed by atoms with Crippen LogP contribution >= 0.6 is 12.6 Å². The van der Waals surface area contributed by atoms with Crippen LogP contribution in [-0.4, -0.2) is 33.8 Å². The van der Waals surface area contributed by atoms with Crippen molar-refractivity contribution < 1.29 is 14.7 Å². The molecule has 5 nitrogen and oxygen atoms in total. The summed E-state index contributed by atoms with van der Waals surface area (Å²) in [6.45, 7) is 0.493. The molecule has 1 aliphatic rings. The minimum atomic E-state index is -1.05. The molecular weight excluding hydrogens is 228 g/mol. The molecule has 2 rings (SSSR count). The third-order valence-electron chi connectivity index (χ3n) is 2.39. The molecule has 6 heteroatoms. The van der Waals surface area contributed by atoms with E-state index in [0.29, 0.717) is 18.7 Å². The van der Waals surface area contributed by atoms with E-state index in [2.05, 4.69) is 17.6 Å². The molecule has 0 saturated carbocycles. The Bertz CT molecular complexity index is 449. The summed E-state index contributed by atoms with van der Waals surface area (Å²) in [5, 5.41) is 8.81. The van der Waals surface area contributed by atoms with E-state index in [1.807, 2.05) is 0 Å². The Morgan fingerprint density at radius 1 is 1.56 bits per heavy atom. The van der Waals surface area contributed by atoms with Crippen LogP contribution in [0.1, 0.15) is 16.8 Å². The summed E-state index contributed by atoms with van der Waals surface area (Å²) >= 11 is 4.23. The molecule has 2 heterocycles. The molecule has 0 spiro atoms. The number of hydrogen-bond acceptors (Lipinski definition) is 4. The number of nitrogens with zero attached hydrogens (tertiary/aromatic N) is 2. The van der Waals surface area contributed by atoms with Crippen LogP contribution in [0.15, 0.2) is 18.5 Å². The third-order valence-corrected chi connectivity index (χ3v) is 2.73. The lowest BCUT2D eigenvalue weighted by Crippen LogP contribution is -2.25. The molecule has 1 unspecified atom stereocenters. The molecule has 1 fully saturated rings. The number of rotatable bonds is 2. The van der Waals surface area contributed by atoms with Gasteiger partial charge in [0.2, 0.25) is 5.91 Å². The third kappa shape index (κ3) is 2.01. The summed E-state index contributed by atoms with van der Waals surface area (Å²) in [6.07, 6.45) is 3.11. The molecule has 84 valence electrons. The first-order valence-electron chi connectivity index (χ1n) is 4.74. The fourth-order valence-electron chi connectivity index (χ4n) is 1.63. The van der Waals surface area contributed by atoms with Crippen LogP contribution in [0.5, 0.6) is 0 Å². The number of carbonyl (C=O) groups is 2. The van der Waals surface area contributed by atoms with Gasteiger partial charge < -0.3 is 10.0 Å². The van der Waals surface area contributed by atoms with Gasteiger partial charge in [-0.15, -0.1) is 0 Å². The molecule has 0 radical (unpaired) electrons. The fourth-order valence-corrected chi connectivity index (χ4v) is 1.95. The van der Waals surface area contributed by atoms with Gasteiger partial charge in [0.15, 0.2) is 0 Å². The molecule has 1 amide bonds. The van der Waals surface area contributed by atoms with Gasteiger partial charge in [-0.2, -0.15) is 12.6 Å². The lowest BCUT2D eigenvalue weighted by atomic mass is 10.2. The van der Waals surface area contributed by atoms with Gasteiger partial charge in [-0.3, -0.25) is 9.78 Å². The Kier molecular flexibility index (Phi) is 2.82. The summed E-state index contributed by atoms with van der Waals surface area (Å²) in [5.74, 6) is -1.10. The first-order valence-corrected chi connectivity index (χ1v) is 5.26. The van der Waals surface area contributed by atoms with Gasteiger partial charge in [-0.25, -0.2) is 4.79 Å². The fraction of sp³-hybridized carbons (Fsp3) is 0.300. The molecule has 1 saturated heterocycles. The molecule has 1 aromatic heterocycles. The highest BCUT2D eigenvalue weighted by molar-refractivity contribution is 7.81. The first-order chi connectivity index (χ1) is 7.58. The molecule has 0 bridgehead atoms. The summed E-state index contributed by atoms with van der Waals surface area (Å²) < 4.78 is 0. The number of anilines is 1. The van der Waals surface area contributed by atoms with Crippen LogP contribution in [0.3, 0.4) is 0 Å². The largest absolute Gasteiger partial charge is 0.478 e. The Labute approximate surface area is 97.5 Å². The number of pyridine rings is 1. The summed E-state index contributed by atoms with van der Waals surface area (Å²) in [6, 6.07) is 1.44. The second kappa shape index (κ2) is 4.13. The maximum Gasteiger partial charge on any atom is 0.337 e. The highest BCUT2D eigenvalue weighted by Gasteiger charge is 2.28. The van der Waals surface area contributed by atoms with Crippen LogP contribution in [-0.2, 0) is 4.79 Å². The van der Waals surface area contributed by atoms with E-state index in [1.54, 1.807) is 0 Å². The van der Waals surface area contributed by atoms with Gasteiger partial charge in [0.25, 0.3) is 0 Å². The molecular formula is C10H10N2O3S. The zero-order valence-electron chi connectivity index (χ0n) is 8.33. The summed E-state index contributed by atoms with van der Waals surface area (Å²) in [5.41, 5.74) is 0.592. The van der Waals surface area contributed by atoms with Crippen molar-refractivity contribution in [1.82, 2.24) is 4.98 Å². The van der Waals surface area contributed by atoms with Gasteiger partial charge in [-0.05, 0) is 6.07 Å². The second-order valence-electron chi connectivity index (χ2n) is 3.60. The molecule has 0 aromatic carbocycles. The Hall–Kier alpha value is -1.56. The predicted octanol–water partition coefficient (Wildman–Crippen LogP) is 0.815. The van der Waals surface area contributed by atoms with E-state index in [4.69, 9.17) is 5.11 Å². The lowest BCUT2D eigenvalue weighted by Gasteiger charge is -2.15. The Balaban J connectivity index is 2.30. The van der Waals surface area contributed by atoms with E-state index in [0.717, 1.165) is 0 Å². The first kappa shape index (κ1) is 10.9. The smallest absolute Gasteiger partial charge is 0.337 e. The lowest BCUT2D eigenvalue weighted by molar-refractivity contribution is -0.117. The molecule has 1 aromatic rings. The molecule has 16 heavy (non-hydrogen) atoms. The second-order valence-corrected chi connectivity index (χ2v) is 4.33. The van der Waals surface area contributed by atoms with Crippen LogP contribution in [0.2, 0.25) is 0 Å². The van der Waals surface area contributed by atoms with Crippen LogP contribution in [0.25, 0.3) is 0 Å². The molecule has 1 atom stereocenters. The van der Waals surface area contributed by atoms with E-state index in [-0.39, 0.29) is 16.7 Å². The van der Waals surface area contributed by atoms with Gasteiger partial charge in [0.1, 0.15) is 0 Å². The molecule has 1 N–H and O–H groups in total. The number of carbonyl (C=O) groups excluding carboxylic acids is 1. The van der Waals surface area contributed by atoms with Crippen molar-refractivity contribution >= 4 is 30.2 Å². The van der Waals surface area contributed by atoms with Gasteiger partial charge in [0.05, 0.1) is 17.4 Å². The minimum absolute atomic E-state index is 0.000911. The number of aromatic nitrogens is 1. The van der Waals surface area contributed by atoms with Gasteiger partial charge in [-0.1, -0.05) is 0 Å². The van der Waals surface area contributed by atoms with Crippen molar-refractivity contribution in [3.8, 4) is 0 Å². The van der Waals surface area contributed by atoms with E-state index in [1.165, 1.54) is 23.4 Å². The Morgan fingerprint density at radius 2 is 2.31 bits per heavy atom. The van der Waals surface area contributed by atoms with Gasteiger partial charge in [0, 0.05) is 24.4 Å². The number of aromatic carboxylic acids is 1. The number of hydrogen-bond donors (Lipinski definition) is 2. The van der Waals surface area contributed by atoms with E-state index in [9.17, 15) is 9.59 Å². The van der Waals surface area contributed by atoms with Crippen molar-refractivity contribution in [2.24, 2.45) is 0 Å². The quantitative estimate of drug-likeness (QED) is 0.748. The van der Waals surface area contributed by atoms with E-state index >= 15 is 0 Å². The molecule has 1 aliphatic heterocycles. The average molecular weight is 238 g/mol. The van der Waals surface area contributed by atoms with Crippen molar-refractivity contribution in [3.05, 3.63) is 24.0 Å². The highest BCUT2D eigenvalue weighted by atomic mass is 32.1. The van der Waals surface area contributed by atoms with Crippen LogP contribution < -0.4 is 4.90 Å². The maximum atomic E-state index is 11.6. The van der Waals surface area contributed by atoms with Crippen LogP contribution in [0.4, 0.5) is 5.69 Å². The minimum Gasteiger partial charge on any atom is -0.478 e. The SMILES string of the molecule is O=C(O)c1cncc(N2CC(S)CC2=O)c1. The zero-order chi connectivity index (χ0) is 11.7. The Morgan fingerprint density at radius 3 is 2.88 bits per heavy atom. The number of carboxylic acids is 1. The normalized spacial score (nSPS) is 20.2. The van der Waals surface area contributed by atoms with Crippen LogP contribution in [0, 0.1) is 0 Å². The summed E-state index contributed by atoms with van der Waals surface area (Å²) in [4.78, 5) is 27.6. The highest BCUT2D eigenvalue weighted by Crippen LogP contribution is 2.23. The number of amides is 1. The molecule has 0 aliphatic carbocycles. The average Bonchev–Trinajstić information content (AvgIpc) is 2.58. The van der Waals surface area contributed by atoms with Crippen molar-refractivity contribution in [1.29, 1.82) is 0 Å². The van der Waals surface area contributed by atoms with Crippen molar-refractivity contribution in [2.75, 3.05) is 11.4 Å². The van der Waals surface area contributed by atoms with Crippen molar-refractivity contribution in [2.45, 2.75) is 11.7 Å². The number of thiol groups is 1. The zero-order valence-corrected chi connectivity index (χ0v) is 9.22.